The van der Waals surface area contributed by atoms with E-state index >= 15 is 0 Å². The highest BCUT2D eigenvalue weighted by molar-refractivity contribution is 5.90. The van der Waals surface area contributed by atoms with Crippen molar-refractivity contribution in [1.82, 2.24) is 19.5 Å². The molecule has 0 saturated heterocycles. The van der Waals surface area contributed by atoms with Crippen LogP contribution in [0.4, 0.5) is 5.69 Å². The molecule has 0 fully saturated rings. The van der Waals surface area contributed by atoms with E-state index in [0.717, 1.165) is 10.6 Å². The highest BCUT2D eigenvalue weighted by Gasteiger charge is 2.21. The minimum absolute atomic E-state index is 0.0587. The van der Waals surface area contributed by atoms with E-state index in [1.807, 2.05) is 0 Å². The molecule has 0 aliphatic rings. The summed E-state index contributed by atoms with van der Waals surface area (Å²) in [6.45, 7) is 0. The molecule has 0 aliphatic heterocycles. The van der Waals surface area contributed by atoms with Crippen LogP contribution in [0.5, 0.6) is 0 Å². The number of hydrogen-bond acceptors (Lipinski definition) is 7. The number of aromatic carboxylic acids is 2. The zero-order chi connectivity index (χ0) is 27.7. The quantitative estimate of drug-likeness (QED) is 0.244. The predicted octanol–water partition coefficient (Wildman–Crippen LogP) is 3.30. The second kappa shape index (κ2) is 9.90. The highest BCUT2D eigenvalue weighted by atomic mass is 16.4. The Kier molecular flexibility index (Phi) is 6.31. The maximum atomic E-state index is 12.8. The molecule has 0 atom stereocenters. The molecule has 0 aliphatic carbocycles. The zero-order valence-corrected chi connectivity index (χ0v) is 20.0. The Hall–Kier alpha value is -5.84. The number of nitrogen functional groups attached to an aromatic ring is 1. The summed E-state index contributed by atoms with van der Waals surface area (Å²) in [6, 6.07) is 19.9. The molecule has 0 unspecified atom stereocenters. The number of benzene rings is 3. The first-order valence-electron chi connectivity index (χ1n) is 11.5. The summed E-state index contributed by atoms with van der Waals surface area (Å²) in [5.74, 6) is -2.13. The van der Waals surface area contributed by atoms with Crippen molar-refractivity contribution >= 4 is 17.6 Å². The number of aromatic nitrogens is 4. The Morgan fingerprint density at radius 1 is 0.667 bits per heavy atom. The monoisotopic (exact) mass is 521 g/mol. The molecule has 0 spiro atoms. The number of nitrogens with two attached hydrogens (primary N) is 1. The number of carbonyl (C=O) groups is 2. The summed E-state index contributed by atoms with van der Waals surface area (Å²) in [5, 5.41) is 18.6. The van der Waals surface area contributed by atoms with Crippen LogP contribution in [-0.2, 0) is 0 Å². The van der Waals surface area contributed by atoms with Crippen molar-refractivity contribution < 1.29 is 19.8 Å². The first-order valence-corrected chi connectivity index (χ1v) is 11.5. The van der Waals surface area contributed by atoms with Gasteiger partial charge >= 0.3 is 17.6 Å². The van der Waals surface area contributed by atoms with Gasteiger partial charge < -0.3 is 15.9 Å². The molecule has 0 amide bonds. The summed E-state index contributed by atoms with van der Waals surface area (Å²) >= 11 is 0. The first-order chi connectivity index (χ1) is 18.7. The number of carboxylic acid groups (broad SMARTS) is 2. The van der Waals surface area contributed by atoms with Crippen molar-refractivity contribution in [2.24, 2.45) is 0 Å². The highest BCUT2D eigenvalue weighted by Crippen LogP contribution is 2.34. The lowest BCUT2D eigenvalue weighted by Gasteiger charge is -2.16. The second-order valence-corrected chi connectivity index (χ2v) is 8.46. The number of anilines is 1. The molecule has 39 heavy (non-hydrogen) atoms. The molecular weight excluding hydrogens is 502 g/mol. The Bertz CT molecular complexity index is 1840. The van der Waals surface area contributed by atoms with E-state index in [1.54, 1.807) is 48.5 Å². The third-order valence-corrected chi connectivity index (χ3v) is 5.92. The maximum Gasteiger partial charge on any atom is 0.335 e. The molecule has 11 heteroatoms. The molecule has 0 saturated carbocycles. The van der Waals surface area contributed by atoms with Gasteiger partial charge in [-0.3, -0.25) is 14.3 Å². The van der Waals surface area contributed by atoms with Crippen LogP contribution in [0.1, 0.15) is 20.7 Å². The van der Waals surface area contributed by atoms with Crippen molar-refractivity contribution in [3.8, 4) is 39.6 Å². The van der Waals surface area contributed by atoms with Gasteiger partial charge in [-0.15, -0.1) is 0 Å². The van der Waals surface area contributed by atoms with Crippen molar-refractivity contribution in [2.45, 2.75) is 0 Å². The van der Waals surface area contributed by atoms with Crippen molar-refractivity contribution in [2.75, 3.05) is 5.73 Å². The molecule has 3 aromatic carbocycles. The number of aromatic amines is 1. The molecule has 2 heterocycles. The van der Waals surface area contributed by atoms with E-state index in [-0.39, 0.29) is 22.6 Å². The van der Waals surface area contributed by atoms with Gasteiger partial charge in [0.05, 0.1) is 22.5 Å². The van der Waals surface area contributed by atoms with E-state index in [9.17, 15) is 29.4 Å². The first kappa shape index (κ1) is 24.8. The number of nitrogens with zero attached hydrogens (tertiary/aromatic N) is 3. The molecule has 5 N–H and O–H groups in total. The van der Waals surface area contributed by atoms with Crippen molar-refractivity contribution in [3.63, 3.8) is 0 Å². The van der Waals surface area contributed by atoms with Gasteiger partial charge in [0.15, 0.2) is 5.82 Å². The number of H-pyrrole nitrogens is 1. The standard InChI is InChI=1S/C28H19N5O6/c29-20-11-9-16(10-12-20)22-23(15-1-5-18(6-2-15)26(35)36)32-25(33-14-13-21(34)30-28(33)39)24(31-22)17-3-7-19(8-4-17)27(37)38/h1-14H,29H2,(H,35,36)(H,37,38)(H,30,34,39). The third kappa shape index (κ3) is 4.91. The van der Waals surface area contributed by atoms with E-state index in [4.69, 9.17) is 15.7 Å². The van der Waals surface area contributed by atoms with Gasteiger partial charge in [-0.1, -0.05) is 36.4 Å². The Morgan fingerprint density at radius 3 is 1.62 bits per heavy atom. The largest absolute Gasteiger partial charge is 0.478 e. The second-order valence-electron chi connectivity index (χ2n) is 8.46. The number of rotatable bonds is 6. The lowest BCUT2D eigenvalue weighted by atomic mass is 10.0. The number of carboxylic acids is 2. The van der Waals surface area contributed by atoms with Gasteiger partial charge in [-0.05, 0) is 36.4 Å². The Balaban J connectivity index is 1.84. The number of hydrogen-bond donors (Lipinski definition) is 4. The third-order valence-electron chi connectivity index (χ3n) is 5.92. The summed E-state index contributed by atoms with van der Waals surface area (Å²) < 4.78 is 1.12. The van der Waals surface area contributed by atoms with Crippen LogP contribution in [0.25, 0.3) is 39.6 Å². The molecular formula is C28H19N5O6. The molecule has 5 rings (SSSR count). The van der Waals surface area contributed by atoms with E-state index in [0.29, 0.717) is 33.8 Å². The molecule has 2 aromatic heterocycles. The normalized spacial score (nSPS) is 10.8. The van der Waals surface area contributed by atoms with Crippen molar-refractivity contribution in [1.29, 1.82) is 0 Å². The molecule has 192 valence electrons. The fraction of sp³-hybridized carbons (Fsp3) is 0. The van der Waals surface area contributed by atoms with Crippen LogP contribution in [0.2, 0.25) is 0 Å². The van der Waals surface area contributed by atoms with Crippen LogP contribution in [0.15, 0.2) is 94.6 Å². The van der Waals surface area contributed by atoms with Gasteiger partial charge in [-0.2, -0.15) is 0 Å². The van der Waals surface area contributed by atoms with Gasteiger partial charge in [0.1, 0.15) is 5.69 Å². The predicted molar refractivity (Wildman–Crippen MR) is 143 cm³/mol. The van der Waals surface area contributed by atoms with E-state index in [1.165, 1.54) is 30.5 Å². The Morgan fingerprint density at radius 2 is 1.13 bits per heavy atom. The topological polar surface area (TPSA) is 181 Å². The summed E-state index contributed by atoms with van der Waals surface area (Å²) in [4.78, 5) is 59.2. The van der Waals surface area contributed by atoms with Crippen LogP contribution in [0, 0.1) is 0 Å². The minimum Gasteiger partial charge on any atom is -0.478 e. The van der Waals surface area contributed by atoms with Crippen LogP contribution in [0.3, 0.4) is 0 Å². The van der Waals surface area contributed by atoms with Crippen LogP contribution < -0.4 is 17.0 Å². The maximum absolute atomic E-state index is 12.8. The lowest BCUT2D eigenvalue weighted by Crippen LogP contribution is -2.28. The molecule has 5 aromatic rings. The van der Waals surface area contributed by atoms with Crippen LogP contribution in [-0.4, -0.2) is 41.7 Å². The van der Waals surface area contributed by atoms with E-state index < -0.39 is 23.2 Å². The molecule has 11 nitrogen and oxygen atoms in total. The minimum atomic E-state index is -1.10. The molecule has 0 radical (unpaired) electrons. The van der Waals surface area contributed by atoms with Gasteiger partial charge in [0.2, 0.25) is 0 Å². The van der Waals surface area contributed by atoms with Gasteiger partial charge in [-0.25, -0.2) is 24.4 Å². The van der Waals surface area contributed by atoms with Crippen molar-refractivity contribution in [3.05, 3.63) is 117 Å². The smallest absolute Gasteiger partial charge is 0.335 e. The summed E-state index contributed by atoms with van der Waals surface area (Å²) in [6.07, 6.45) is 1.26. The molecule has 0 bridgehead atoms. The van der Waals surface area contributed by atoms with Gasteiger partial charge in [0, 0.05) is 34.6 Å². The van der Waals surface area contributed by atoms with Crippen LogP contribution >= 0.6 is 0 Å². The lowest BCUT2D eigenvalue weighted by molar-refractivity contribution is 0.0686. The van der Waals surface area contributed by atoms with E-state index in [2.05, 4.69) is 4.98 Å². The zero-order valence-electron chi connectivity index (χ0n) is 20.0. The fourth-order valence-corrected chi connectivity index (χ4v) is 3.96. The number of nitrogens with one attached hydrogen (secondary N) is 1. The SMILES string of the molecule is Nc1ccc(-c2nc(-c3ccc(C(=O)O)cc3)c(-n3ccc(=O)[nH]c3=O)nc2-c2ccc(C(=O)O)cc2)cc1. The Labute approximate surface area is 219 Å². The average molecular weight is 521 g/mol. The summed E-state index contributed by atoms with van der Waals surface area (Å²) in [7, 11) is 0. The summed E-state index contributed by atoms with van der Waals surface area (Å²) in [5.41, 5.74) is 7.77. The van der Waals surface area contributed by atoms with Gasteiger partial charge in [0.25, 0.3) is 5.56 Å². The fourth-order valence-electron chi connectivity index (χ4n) is 3.96. The average Bonchev–Trinajstić information content (AvgIpc) is 2.93.